The minimum absolute atomic E-state index is 0.553. The second kappa shape index (κ2) is 7.04. The smallest absolute Gasteiger partial charge is 0.144 e. The van der Waals surface area contributed by atoms with Crippen LogP contribution in [0.2, 0.25) is 10.0 Å². The van der Waals surface area contributed by atoms with Crippen molar-refractivity contribution in [1.82, 2.24) is 9.88 Å². The molecule has 0 fully saturated rings. The van der Waals surface area contributed by atoms with Crippen molar-refractivity contribution in [3.8, 4) is 0 Å². The summed E-state index contributed by atoms with van der Waals surface area (Å²) >= 11 is 11.8. The van der Waals surface area contributed by atoms with Gasteiger partial charge in [0.15, 0.2) is 0 Å². The fourth-order valence-electron chi connectivity index (χ4n) is 1.43. The average Bonchev–Trinajstić information content (AvgIpc) is 2.30. The van der Waals surface area contributed by atoms with Crippen LogP contribution in [0.5, 0.6) is 0 Å². The minimum Gasteiger partial charge on any atom is -0.368 e. The van der Waals surface area contributed by atoms with E-state index in [1.54, 1.807) is 12.3 Å². The van der Waals surface area contributed by atoms with Crippen LogP contribution in [-0.2, 0) is 0 Å². The van der Waals surface area contributed by atoms with E-state index in [0.717, 1.165) is 19.5 Å². The van der Waals surface area contributed by atoms with Crippen molar-refractivity contribution in [2.24, 2.45) is 0 Å². The number of rotatable bonds is 6. The van der Waals surface area contributed by atoms with E-state index in [9.17, 15) is 0 Å². The molecule has 0 bridgehead atoms. The van der Waals surface area contributed by atoms with E-state index in [0.29, 0.717) is 21.9 Å². The third-order valence-corrected chi connectivity index (χ3v) is 3.40. The average molecular weight is 276 g/mol. The molecule has 0 aliphatic rings. The largest absolute Gasteiger partial charge is 0.368 e. The molecule has 3 nitrogen and oxygen atoms in total. The Labute approximate surface area is 113 Å². The fraction of sp³-hybridized carbons (Fsp3) is 0.583. The van der Waals surface area contributed by atoms with E-state index >= 15 is 0 Å². The van der Waals surface area contributed by atoms with E-state index in [2.05, 4.69) is 36.1 Å². The number of anilines is 1. The predicted molar refractivity (Wildman–Crippen MR) is 75.1 cm³/mol. The van der Waals surface area contributed by atoms with Crippen LogP contribution in [0.15, 0.2) is 12.3 Å². The zero-order chi connectivity index (χ0) is 12.8. The maximum Gasteiger partial charge on any atom is 0.144 e. The van der Waals surface area contributed by atoms with Gasteiger partial charge in [-0.1, -0.05) is 30.1 Å². The lowest BCUT2D eigenvalue weighted by Gasteiger charge is -2.23. The number of aromatic nitrogens is 1. The molecule has 1 N–H and O–H groups in total. The lowest BCUT2D eigenvalue weighted by Crippen LogP contribution is -2.32. The van der Waals surface area contributed by atoms with Crippen LogP contribution in [0.1, 0.15) is 20.3 Å². The Bertz CT molecular complexity index is 358. The molecule has 5 heteroatoms. The summed E-state index contributed by atoms with van der Waals surface area (Å²) in [4.78, 5) is 6.45. The van der Waals surface area contributed by atoms with E-state index in [-0.39, 0.29) is 0 Å². The predicted octanol–water partition coefficient (Wildman–Crippen LogP) is 3.53. The number of pyridine rings is 1. The first-order valence-corrected chi connectivity index (χ1v) is 6.55. The Hall–Kier alpha value is -0.510. The molecule has 0 saturated heterocycles. The molecule has 0 amide bonds. The second-order valence-electron chi connectivity index (χ2n) is 4.15. The molecule has 1 rings (SSSR count). The molecule has 17 heavy (non-hydrogen) atoms. The number of nitrogens with zero attached hydrogens (tertiary/aromatic N) is 2. The molecule has 0 radical (unpaired) electrons. The van der Waals surface area contributed by atoms with Crippen LogP contribution < -0.4 is 5.32 Å². The van der Waals surface area contributed by atoms with Gasteiger partial charge in [-0.3, -0.25) is 0 Å². The third-order valence-electron chi connectivity index (χ3n) is 2.91. The lowest BCUT2D eigenvalue weighted by molar-refractivity contribution is 0.261. The first-order valence-electron chi connectivity index (χ1n) is 5.79. The molecule has 1 heterocycles. The van der Waals surface area contributed by atoms with Gasteiger partial charge in [0.25, 0.3) is 0 Å². The molecule has 1 unspecified atom stereocenters. The number of hydrogen-bond acceptors (Lipinski definition) is 3. The summed E-state index contributed by atoms with van der Waals surface area (Å²) < 4.78 is 0. The van der Waals surface area contributed by atoms with Gasteiger partial charge in [-0.05, 0) is 26.5 Å². The van der Waals surface area contributed by atoms with Crippen LogP contribution in [0.4, 0.5) is 5.82 Å². The van der Waals surface area contributed by atoms with Crippen molar-refractivity contribution in [3.05, 3.63) is 22.3 Å². The van der Waals surface area contributed by atoms with E-state index < -0.39 is 0 Å². The number of hydrogen-bond donors (Lipinski definition) is 1. The zero-order valence-electron chi connectivity index (χ0n) is 10.5. The van der Waals surface area contributed by atoms with Gasteiger partial charge in [0.2, 0.25) is 0 Å². The Balaban J connectivity index is 2.40. The summed E-state index contributed by atoms with van der Waals surface area (Å²) in [5, 5.41) is 4.32. The molecular formula is C12H19Cl2N3. The number of halogens is 2. The topological polar surface area (TPSA) is 28.2 Å². The first-order chi connectivity index (χ1) is 8.04. The maximum absolute atomic E-state index is 6.01. The molecule has 1 aromatic rings. The van der Waals surface area contributed by atoms with Gasteiger partial charge in [0.05, 0.1) is 10.0 Å². The van der Waals surface area contributed by atoms with Crippen LogP contribution in [0, 0.1) is 0 Å². The molecule has 1 aromatic heterocycles. The third kappa shape index (κ3) is 4.70. The quantitative estimate of drug-likeness (QED) is 0.861. The van der Waals surface area contributed by atoms with Gasteiger partial charge in [-0.15, -0.1) is 0 Å². The van der Waals surface area contributed by atoms with Gasteiger partial charge in [0.1, 0.15) is 5.82 Å². The summed E-state index contributed by atoms with van der Waals surface area (Å²) in [6, 6.07) is 2.28. The molecule has 0 aliphatic carbocycles. The summed E-state index contributed by atoms with van der Waals surface area (Å²) in [5.41, 5.74) is 0. The summed E-state index contributed by atoms with van der Waals surface area (Å²) in [6.45, 7) is 6.17. The van der Waals surface area contributed by atoms with Crippen LogP contribution in [0.3, 0.4) is 0 Å². The molecule has 96 valence electrons. The summed E-state index contributed by atoms with van der Waals surface area (Å²) in [6.07, 6.45) is 2.74. The van der Waals surface area contributed by atoms with Crippen molar-refractivity contribution in [2.75, 3.05) is 25.5 Å². The molecule has 0 spiro atoms. The maximum atomic E-state index is 6.01. The number of likely N-dealkylation sites (N-methyl/N-ethyl adjacent to an activating group) is 1. The van der Waals surface area contributed by atoms with Gasteiger partial charge in [-0.2, -0.15) is 0 Å². The van der Waals surface area contributed by atoms with E-state index in [1.165, 1.54) is 0 Å². The van der Waals surface area contributed by atoms with Gasteiger partial charge in [-0.25, -0.2) is 4.98 Å². The van der Waals surface area contributed by atoms with Gasteiger partial charge < -0.3 is 10.2 Å². The monoisotopic (exact) mass is 275 g/mol. The number of nitrogens with one attached hydrogen (secondary N) is 1. The highest BCUT2D eigenvalue weighted by Gasteiger charge is 2.07. The standard InChI is InChI=1S/C12H19Cl2N3/c1-4-9(2)17(3)6-5-15-12-11(14)7-10(13)8-16-12/h7-9H,4-6H2,1-3H3,(H,15,16). The van der Waals surface area contributed by atoms with Crippen molar-refractivity contribution < 1.29 is 0 Å². The van der Waals surface area contributed by atoms with Crippen molar-refractivity contribution in [1.29, 1.82) is 0 Å². The molecular weight excluding hydrogens is 257 g/mol. The lowest BCUT2D eigenvalue weighted by atomic mass is 10.2. The van der Waals surface area contributed by atoms with E-state index in [4.69, 9.17) is 23.2 Å². The van der Waals surface area contributed by atoms with Crippen molar-refractivity contribution in [2.45, 2.75) is 26.3 Å². The van der Waals surface area contributed by atoms with Gasteiger partial charge >= 0.3 is 0 Å². The Morgan fingerprint density at radius 2 is 2.18 bits per heavy atom. The van der Waals surface area contributed by atoms with Crippen LogP contribution in [-0.4, -0.2) is 36.1 Å². The molecule has 0 aromatic carbocycles. The molecule has 1 atom stereocenters. The first kappa shape index (κ1) is 14.6. The zero-order valence-corrected chi connectivity index (χ0v) is 12.0. The van der Waals surface area contributed by atoms with Crippen molar-refractivity contribution in [3.63, 3.8) is 0 Å². The van der Waals surface area contributed by atoms with Gasteiger partial charge in [0, 0.05) is 25.3 Å². The Morgan fingerprint density at radius 1 is 1.47 bits per heavy atom. The summed E-state index contributed by atoms with van der Waals surface area (Å²) in [7, 11) is 2.12. The SMILES string of the molecule is CCC(C)N(C)CCNc1ncc(Cl)cc1Cl. The second-order valence-corrected chi connectivity index (χ2v) is 4.99. The van der Waals surface area contributed by atoms with Crippen LogP contribution in [0.25, 0.3) is 0 Å². The van der Waals surface area contributed by atoms with Crippen LogP contribution >= 0.6 is 23.2 Å². The molecule has 0 aliphatic heterocycles. The Kier molecular flexibility index (Phi) is 6.03. The normalized spacial score (nSPS) is 12.8. The van der Waals surface area contributed by atoms with E-state index in [1.807, 2.05) is 0 Å². The fourth-order valence-corrected chi connectivity index (χ4v) is 1.87. The molecule has 0 saturated carbocycles. The highest BCUT2D eigenvalue weighted by atomic mass is 35.5. The Morgan fingerprint density at radius 3 is 2.76 bits per heavy atom. The highest BCUT2D eigenvalue weighted by molar-refractivity contribution is 6.35. The minimum atomic E-state index is 0.553. The van der Waals surface area contributed by atoms with Crippen molar-refractivity contribution >= 4 is 29.0 Å². The summed E-state index contributed by atoms with van der Waals surface area (Å²) in [5.74, 6) is 0.689. The highest BCUT2D eigenvalue weighted by Crippen LogP contribution is 2.22.